The first-order valence-electron chi connectivity index (χ1n) is 2.62. The van der Waals surface area contributed by atoms with Gasteiger partial charge in [-0.25, -0.2) is 0 Å². The largest absolute Gasteiger partial charge is 0.361 e. The van der Waals surface area contributed by atoms with E-state index in [-0.39, 0.29) is 0 Å². The van der Waals surface area contributed by atoms with E-state index in [0.717, 1.165) is 11.5 Å². The number of hydrogen-bond donors (Lipinski definition) is 2. The molecule has 10 heavy (non-hydrogen) atoms. The van der Waals surface area contributed by atoms with Crippen LogP contribution in [0.5, 0.6) is 0 Å². The molecule has 0 radical (unpaired) electrons. The van der Waals surface area contributed by atoms with Crippen LogP contribution in [0.25, 0.3) is 0 Å². The van der Waals surface area contributed by atoms with Gasteiger partial charge in [-0.05, 0) is 6.92 Å². The second-order valence-electron chi connectivity index (χ2n) is 1.63. The maximum atomic E-state index is 6.81. The van der Waals surface area contributed by atoms with Crippen molar-refractivity contribution < 1.29 is 8.72 Å². The van der Waals surface area contributed by atoms with Crippen LogP contribution in [0.1, 0.15) is 11.5 Å². The molecule has 0 bridgehead atoms. The summed E-state index contributed by atoms with van der Waals surface area (Å²) in [5, 5.41) is 3.63. The second kappa shape index (κ2) is 5.40. The number of halogens is 1. The Morgan fingerprint density at radius 3 is 2.60 bits per heavy atom. The molecule has 0 aliphatic carbocycles. The quantitative estimate of drug-likeness (QED) is 0.715. The number of aryl methyl sites for hydroxylation is 1. The molecule has 0 spiro atoms. The van der Waals surface area contributed by atoms with Crippen LogP contribution in [0.4, 0.5) is 0 Å². The number of rotatable bonds is 1. The topological polar surface area (TPSA) is 72.3 Å². The summed E-state index contributed by atoms with van der Waals surface area (Å²) >= 11 is 1.94. The van der Waals surface area contributed by atoms with Gasteiger partial charge in [-0.15, -0.1) is 0 Å². The zero-order valence-corrected chi connectivity index (χ0v) is 7.13. The summed E-state index contributed by atoms with van der Waals surface area (Å²) in [7, 11) is 0. The molecule has 0 unspecified atom stereocenters. The first-order chi connectivity index (χ1) is 4.83. The van der Waals surface area contributed by atoms with Crippen molar-refractivity contribution in [3.05, 3.63) is 17.5 Å². The maximum Gasteiger partial charge on any atom is 0.133 e. The third-order valence-corrected chi connectivity index (χ3v) is 0.886. The Morgan fingerprint density at radius 2 is 2.40 bits per heavy atom. The summed E-state index contributed by atoms with van der Waals surface area (Å²) in [5.41, 5.74) is 6.05. The normalized spacial score (nSPS) is 8.40. The molecule has 3 N–H and O–H groups in total. The summed E-state index contributed by atoms with van der Waals surface area (Å²) in [6, 6.07) is 1.82. The van der Waals surface area contributed by atoms with Gasteiger partial charge in [0.15, 0.2) is 0 Å². The average Bonchev–Trinajstić information content (AvgIpc) is 2.40. The standard InChI is InChI=1S/C5H8N2O.BrHO/c1-4-2-5(3-6)7-8-4;1-2/h2H,3,6H2,1H3;2H. The first-order valence-corrected chi connectivity index (χ1v) is 3.33. The molecule has 0 atom stereocenters. The zero-order chi connectivity index (χ0) is 7.98. The minimum Gasteiger partial charge on any atom is -0.361 e. The lowest BCUT2D eigenvalue weighted by atomic mass is 10.4. The molecule has 1 heterocycles. The molecule has 0 aliphatic heterocycles. The third-order valence-electron chi connectivity index (χ3n) is 0.886. The molecule has 58 valence electrons. The summed E-state index contributed by atoms with van der Waals surface area (Å²) in [5.74, 6) is 0.811. The molecular formula is C5H9BrN2O2. The molecule has 0 aromatic carbocycles. The van der Waals surface area contributed by atoms with Crippen molar-refractivity contribution in [2.24, 2.45) is 5.73 Å². The molecule has 0 fully saturated rings. The van der Waals surface area contributed by atoms with E-state index in [2.05, 4.69) is 5.16 Å². The molecule has 1 aromatic heterocycles. The Morgan fingerprint density at radius 1 is 1.80 bits per heavy atom. The minimum absolute atomic E-state index is 0.456. The van der Waals surface area contributed by atoms with Crippen LogP contribution < -0.4 is 5.73 Å². The highest BCUT2D eigenvalue weighted by molar-refractivity contribution is 9.05. The highest BCUT2D eigenvalue weighted by Crippen LogP contribution is 1.98. The molecule has 4 nitrogen and oxygen atoms in total. The summed E-state index contributed by atoms with van der Waals surface area (Å²) in [6.45, 7) is 2.30. The lowest BCUT2D eigenvalue weighted by Crippen LogP contribution is -1.94. The predicted octanol–water partition coefficient (Wildman–Crippen LogP) is 0.730. The van der Waals surface area contributed by atoms with E-state index in [0.29, 0.717) is 6.54 Å². The minimum atomic E-state index is 0.456. The van der Waals surface area contributed by atoms with Gasteiger partial charge in [0, 0.05) is 12.6 Å². The summed E-state index contributed by atoms with van der Waals surface area (Å²) < 4.78 is 11.5. The van der Waals surface area contributed by atoms with E-state index in [4.69, 9.17) is 14.5 Å². The van der Waals surface area contributed by atoms with E-state index < -0.39 is 0 Å². The van der Waals surface area contributed by atoms with Gasteiger partial charge in [-0.2, -0.15) is 0 Å². The molecule has 5 heteroatoms. The fraction of sp³-hybridized carbons (Fsp3) is 0.400. The molecule has 1 aromatic rings. The van der Waals surface area contributed by atoms with E-state index in [1.807, 2.05) is 29.2 Å². The predicted molar refractivity (Wildman–Crippen MR) is 40.3 cm³/mol. The summed E-state index contributed by atoms with van der Waals surface area (Å²) in [6.07, 6.45) is 0. The number of aromatic nitrogens is 1. The Hall–Kier alpha value is -0.390. The number of nitrogens with zero attached hydrogens (tertiary/aromatic N) is 1. The van der Waals surface area contributed by atoms with E-state index >= 15 is 0 Å². The van der Waals surface area contributed by atoms with E-state index in [1.54, 1.807) is 0 Å². The number of hydrogen-bond acceptors (Lipinski definition) is 4. The van der Waals surface area contributed by atoms with Crippen molar-refractivity contribution in [3.8, 4) is 0 Å². The highest BCUT2D eigenvalue weighted by atomic mass is 79.9. The molecule has 1 rings (SSSR count). The van der Waals surface area contributed by atoms with Crippen LogP contribution in [0.2, 0.25) is 0 Å². The molecular weight excluding hydrogens is 200 g/mol. The lowest BCUT2D eigenvalue weighted by Gasteiger charge is -1.76. The van der Waals surface area contributed by atoms with Gasteiger partial charge in [-0.3, -0.25) is 0 Å². The van der Waals surface area contributed by atoms with Gasteiger partial charge in [-0.1, -0.05) is 5.16 Å². The van der Waals surface area contributed by atoms with Crippen LogP contribution in [0.3, 0.4) is 0 Å². The van der Waals surface area contributed by atoms with Gasteiger partial charge in [0.05, 0.1) is 22.0 Å². The van der Waals surface area contributed by atoms with Crippen LogP contribution in [0.15, 0.2) is 10.6 Å². The monoisotopic (exact) mass is 208 g/mol. The van der Waals surface area contributed by atoms with Crippen LogP contribution in [0, 0.1) is 6.92 Å². The Balaban J connectivity index is 0.000000371. The zero-order valence-electron chi connectivity index (χ0n) is 5.54. The number of nitrogens with two attached hydrogens (primary N) is 1. The van der Waals surface area contributed by atoms with Gasteiger partial charge >= 0.3 is 0 Å². The second-order valence-corrected chi connectivity index (χ2v) is 1.63. The SMILES string of the molecule is Cc1cc(CN)no1.OBr. The highest BCUT2D eigenvalue weighted by Gasteiger charge is 1.93. The molecule has 0 aliphatic rings. The van der Waals surface area contributed by atoms with Crippen LogP contribution >= 0.6 is 16.3 Å². The molecule has 0 saturated heterocycles. The van der Waals surface area contributed by atoms with Crippen molar-refractivity contribution in [1.29, 1.82) is 0 Å². The lowest BCUT2D eigenvalue weighted by molar-refractivity contribution is 0.391. The van der Waals surface area contributed by atoms with Gasteiger partial charge in [0.25, 0.3) is 0 Å². The van der Waals surface area contributed by atoms with Crippen molar-refractivity contribution >= 4 is 16.3 Å². The van der Waals surface area contributed by atoms with E-state index in [9.17, 15) is 0 Å². The van der Waals surface area contributed by atoms with Crippen LogP contribution in [-0.4, -0.2) is 9.35 Å². The Kier molecular flexibility index (Phi) is 5.19. The van der Waals surface area contributed by atoms with Crippen molar-refractivity contribution in [1.82, 2.24) is 5.16 Å². The Labute approximate surface area is 67.5 Å². The van der Waals surface area contributed by atoms with Gasteiger partial charge in [0.2, 0.25) is 0 Å². The maximum absolute atomic E-state index is 6.81. The van der Waals surface area contributed by atoms with Crippen LogP contribution in [-0.2, 0) is 6.54 Å². The fourth-order valence-electron chi connectivity index (χ4n) is 0.514. The van der Waals surface area contributed by atoms with Crippen molar-refractivity contribution in [2.75, 3.05) is 0 Å². The van der Waals surface area contributed by atoms with E-state index in [1.165, 1.54) is 0 Å². The first kappa shape index (κ1) is 9.61. The van der Waals surface area contributed by atoms with Crippen molar-refractivity contribution in [2.45, 2.75) is 13.5 Å². The average molecular weight is 209 g/mol. The summed E-state index contributed by atoms with van der Waals surface area (Å²) in [4.78, 5) is 0. The fourth-order valence-corrected chi connectivity index (χ4v) is 0.514. The van der Waals surface area contributed by atoms with Crippen molar-refractivity contribution in [3.63, 3.8) is 0 Å². The molecule has 0 saturated carbocycles. The van der Waals surface area contributed by atoms with Gasteiger partial charge in [0.1, 0.15) is 5.76 Å². The third kappa shape index (κ3) is 2.95. The molecule has 0 amide bonds. The Bertz CT molecular complexity index is 178. The van der Waals surface area contributed by atoms with Gasteiger partial charge < -0.3 is 14.5 Å². The smallest absolute Gasteiger partial charge is 0.133 e.